The van der Waals surface area contributed by atoms with Gasteiger partial charge in [0.15, 0.2) is 17.2 Å². The van der Waals surface area contributed by atoms with Gasteiger partial charge in [-0.1, -0.05) is 6.07 Å². The molecule has 1 amide bonds. The zero-order valence-electron chi connectivity index (χ0n) is 21.5. The summed E-state index contributed by atoms with van der Waals surface area (Å²) in [5, 5.41) is 12.8. The topological polar surface area (TPSA) is 127 Å². The number of fused-ring (bicyclic) bond motifs is 2. The Morgan fingerprint density at radius 2 is 2.17 bits per heavy atom. The molecular formula is C24H24N8O3. The SMILES string of the molecule is [2H]C([2H])([2H])Nc1cc(Nc2cccn(-c3ccccn3)c2=O)nn2c(C(=O)N[C@H]3C[C@@H]4CCO[C@@H]43)cnc12. The van der Waals surface area contributed by atoms with E-state index in [1.807, 2.05) is 0 Å². The summed E-state index contributed by atoms with van der Waals surface area (Å²) in [7, 11) is 0. The standard InChI is InChI=1S/C24H24N8O3/c1-25-17-12-19(28-15-5-4-9-31(24(15)34)20-6-2-3-8-26-20)30-32-18(13-27-22(17)32)23(33)29-16-11-14-7-10-35-21(14)16/h2-6,8-9,12-14,16,21,25H,7,10-11H2,1H3,(H,28,30)(H,29,33)/t14-,16-,21-/m0/s1/i1D3. The number of carbonyl (C=O) groups is 1. The van der Waals surface area contributed by atoms with E-state index in [0.29, 0.717) is 18.3 Å². The molecule has 1 saturated heterocycles. The van der Waals surface area contributed by atoms with Crippen LogP contribution < -0.4 is 21.5 Å². The van der Waals surface area contributed by atoms with Crippen LogP contribution in [0.5, 0.6) is 0 Å². The number of carbonyl (C=O) groups excluding carboxylic acids is 1. The second-order valence-electron chi connectivity index (χ2n) is 8.56. The van der Waals surface area contributed by atoms with Crippen LogP contribution in [0.1, 0.15) is 27.4 Å². The minimum Gasteiger partial charge on any atom is -0.385 e. The fourth-order valence-electron chi connectivity index (χ4n) is 4.68. The van der Waals surface area contributed by atoms with Crippen LogP contribution in [-0.4, -0.2) is 55.8 Å². The average Bonchev–Trinajstić information content (AvgIpc) is 3.47. The van der Waals surface area contributed by atoms with Crippen molar-refractivity contribution in [2.24, 2.45) is 5.92 Å². The van der Waals surface area contributed by atoms with Gasteiger partial charge in [0.05, 0.1) is 24.0 Å². The maximum atomic E-state index is 13.2. The van der Waals surface area contributed by atoms with Gasteiger partial charge in [-0.25, -0.2) is 14.5 Å². The van der Waals surface area contributed by atoms with Crippen molar-refractivity contribution in [3.05, 3.63) is 71.0 Å². The summed E-state index contributed by atoms with van der Waals surface area (Å²) in [6.45, 7) is -1.84. The zero-order chi connectivity index (χ0) is 26.4. The molecule has 4 aromatic rings. The van der Waals surface area contributed by atoms with E-state index in [0.717, 1.165) is 12.8 Å². The molecule has 0 spiro atoms. The van der Waals surface area contributed by atoms with Gasteiger partial charge in [0, 0.05) is 36.2 Å². The molecular weight excluding hydrogens is 448 g/mol. The van der Waals surface area contributed by atoms with Crippen molar-refractivity contribution in [3.8, 4) is 5.82 Å². The van der Waals surface area contributed by atoms with Crippen LogP contribution in [0.3, 0.4) is 0 Å². The van der Waals surface area contributed by atoms with Crippen molar-refractivity contribution in [1.82, 2.24) is 29.5 Å². The van der Waals surface area contributed by atoms with Crippen LogP contribution in [0.2, 0.25) is 0 Å². The Bertz CT molecular complexity index is 1570. The Labute approximate surface area is 204 Å². The van der Waals surface area contributed by atoms with E-state index < -0.39 is 18.4 Å². The first-order valence-electron chi connectivity index (χ1n) is 12.8. The molecule has 11 nitrogen and oxygen atoms in total. The number of rotatable bonds is 6. The molecule has 2 fully saturated rings. The first kappa shape index (κ1) is 18.1. The average molecular weight is 476 g/mol. The quantitative estimate of drug-likeness (QED) is 0.386. The lowest BCUT2D eigenvalue weighted by molar-refractivity contribution is -0.000686. The van der Waals surface area contributed by atoms with Gasteiger partial charge in [-0.2, -0.15) is 0 Å². The Balaban J connectivity index is 1.35. The predicted octanol–water partition coefficient (Wildman–Crippen LogP) is 1.97. The van der Waals surface area contributed by atoms with Gasteiger partial charge in [-0.3, -0.25) is 14.2 Å². The lowest BCUT2D eigenvalue weighted by Crippen LogP contribution is -2.54. The Kier molecular flexibility index (Phi) is 4.41. The van der Waals surface area contributed by atoms with Crippen molar-refractivity contribution < 1.29 is 13.6 Å². The normalized spacial score (nSPS) is 22.4. The molecule has 0 bridgehead atoms. The number of hydrogen-bond donors (Lipinski definition) is 3. The maximum Gasteiger partial charge on any atom is 0.279 e. The monoisotopic (exact) mass is 475 g/mol. The molecule has 11 heteroatoms. The van der Waals surface area contributed by atoms with Crippen molar-refractivity contribution in [1.29, 1.82) is 0 Å². The zero-order valence-corrected chi connectivity index (χ0v) is 18.5. The summed E-state index contributed by atoms with van der Waals surface area (Å²) in [6.07, 6.45) is 6.36. The fraction of sp³-hybridized carbons (Fsp3) is 0.292. The third kappa shape index (κ3) is 3.69. The van der Waals surface area contributed by atoms with E-state index >= 15 is 0 Å². The van der Waals surface area contributed by atoms with Gasteiger partial charge < -0.3 is 20.7 Å². The highest BCUT2D eigenvalue weighted by Crippen LogP contribution is 2.38. The molecule has 35 heavy (non-hydrogen) atoms. The van der Waals surface area contributed by atoms with Gasteiger partial charge in [-0.05, 0) is 43.0 Å². The molecule has 3 N–H and O–H groups in total. The smallest absolute Gasteiger partial charge is 0.279 e. The Morgan fingerprint density at radius 1 is 1.23 bits per heavy atom. The van der Waals surface area contributed by atoms with E-state index in [1.165, 1.54) is 21.3 Å². The Morgan fingerprint density at radius 3 is 3.00 bits per heavy atom. The number of nitrogens with one attached hydrogen (secondary N) is 3. The summed E-state index contributed by atoms with van der Waals surface area (Å²) in [4.78, 5) is 34.8. The summed E-state index contributed by atoms with van der Waals surface area (Å²) in [5.41, 5.74) is 0.176. The lowest BCUT2D eigenvalue weighted by atomic mass is 9.77. The minimum absolute atomic E-state index is 0.00969. The van der Waals surface area contributed by atoms with Crippen LogP contribution >= 0.6 is 0 Å². The van der Waals surface area contributed by atoms with Crippen molar-refractivity contribution in [2.45, 2.75) is 25.0 Å². The second-order valence-corrected chi connectivity index (χ2v) is 8.56. The maximum absolute atomic E-state index is 13.2. The number of hydrogen-bond acceptors (Lipinski definition) is 8. The molecule has 0 unspecified atom stereocenters. The highest BCUT2D eigenvalue weighted by atomic mass is 16.5. The third-order valence-electron chi connectivity index (χ3n) is 6.47. The molecule has 1 aliphatic carbocycles. The fourth-order valence-corrected chi connectivity index (χ4v) is 4.68. The molecule has 0 radical (unpaired) electrons. The highest BCUT2D eigenvalue weighted by Gasteiger charge is 2.46. The van der Waals surface area contributed by atoms with E-state index in [1.54, 1.807) is 42.7 Å². The van der Waals surface area contributed by atoms with Crippen LogP contribution in [0.25, 0.3) is 11.5 Å². The number of aromatic nitrogens is 5. The number of nitrogens with zero attached hydrogens (tertiary/aromatic N) is 5. The highest BCUT2D eigenvalue weighted by molar-refractivity contribution is 5.94. The van der Waals surface area contributed by atoms with E-state index in [-0.39, 0.29) is 40.7 Å². The molecule has 178 valence electrons. The van der Waals surface area contributed by atoms with Crippen LogP contribution in [0, 0.1) is 5.92 Å². The van der Waals surface area contributed by atoms with Crippen molar-refractivity contribution in [2.75, 3.05) is 24.2 Å². The number of amides is 1. The van der Waals surface area contributed by atoms with E-state index in [9.17, 15) is 9.59 Å². The second kappa shape index (κ2) is 8.51. The first-order valence-corrected chi connectivity index (χ1v) is 11.3. The van der Waals surface area contributed by atoms with Crippen molar-refractivity contribution in [3.63, 3.8) is 0 Å². The number of pyridine rings is 2. The number of imidazole rings is 1. The molecule has 2 aliphatic rings. The molecule has 0 aromatic carbocycles. The van der Waals surface area contributed by atoms with E-state index in [4.69, 9.17) is 8.85 Å². The van der Waals surface area contributed by atoms with Crippen molar-refractivity contribution >= 4 is 28.7 Å². The van der Waals surface area contributed by atoms with Crippen LogP contribution in [0.15, 0.2) is 59.8 Å². The van der Waals surface area contributed by atoms with Gasteiger partial charge in [0.1, 0.15) is 11.5 Å². The number of anilines is 3. The molecule has 1 saturated carbocycles. The number of ether oxygens (including phenoxy) is 1. The largest absolute Gasteiger partial charge is 0.385 e. The van der Waals surface area contributed by atoms with Gasteiger partial charge in [-0.15, -0.1) is 5.10 Å². The molecule has 6 rings (SSSR count). The molecule has 1 aliphatic heterocycles. The van der Waals surface area contributed by atoms with Gasteiger partial charge >= 0.3 is 0 Å². The molecule has 5 heterocycles. The van der Waals surface area contributed by atoms with E-state index in [2.05, 4.69) is 31.0 Å². The third-order valence-corrected chi connectivity index (χ3v) is 6.47. The predicted molar refractivity (Wildman–Crippen MR) is 129 cm³/mol. The Hall–Kier alpha value is -4.25. The van der Waals surface area contributed by atoms with Gasteiger partial charge in [0.25, 0.3) is 11.5 Å². The minimum atomic E-state index is -2.54. The summed E-state index contributed by atoms with van der Waals surface area (Å²) < 4.78 is 31.4. The molecule has 3 atom stereocenters. The summed E-state index contributed by atoms with van der Waals surface area (Å²) >= 11 is 0. The summed E-state index contributed by atoms with van der Waals surface area (Å²) in [6, 6.07) is 9.79. The van der Waals surface area contributed by atoms with Crippen LogP contribution in [-0.2, 0) is 4.74 Å². The van der Waals surface area contributed by atoms with Crippen LogP contribution in [0.4, 0.5) is 17.2 Å². The van der Waals surface area contributed by atoms with Gasteiger partial charge in [0.2, 0.25) is 0 Å². The molecule has 4 aromatic heterocycles. The first-order chi connectivity index (χ1) is 18.3. The summed E-state index contributed by atoms with van der Waals surface area (Å²) in [5.74, 6) is 0.632. The lowest BCUT2D eigenvalue weighted by Gasteiger charge is -2.39.